The van der Waals surface area contributed by atoms with Crippen molar-refractivity contribution in [2.45, 2.75) is 11.9 Å². The van der Waals surface area contributed by atoms with Crippen molar-refractivity contribution in [3.05, 3.63) is 35.7 Å². The van der Waals surface area contributed by atoms with Crippen LogP contribution in [0.3, 0.4) is 0 Å². The fourth-order valence-corrected chi connectivity index (χ4v) is 3.09. The number of carbonyl (C=O) groups excluding carboxylic acids is 1. The number of amides is 1. The molecule has 1 heterocycles. The van der Waals surface area contributed by atoms with Crippen LogP contribution < -0.4 is 10.0 Å². The normalized spacial score (nSPS) is 11.2. The number of anilines is 2. The Hall–Kier alpha value is -2.06. The smallest absolute Gasteiger partial charge is 0.282 e. The Morgan fingerprint density at radius 2 is 1.81 bits per heavy atom. The zero-order valence-electron chi connectivity index (χ0n) is 11.3. The van der Waals surface area contributed by atoms with Gasteiger partial charge in [-0.2, -0.15) is 8.42 Å². The van der Waals surface area contributed by atoms with Crippen LogP contribution in [0.25, 0.3) is 0 Å². The van der Waals surface area contributed by atoms with E-state index < -0.39 is 10.0 Å². The van der Waals surface area contributed by atoms with Crippen molar-refractivity contribution in [3.8, 4) is 0 Å². The number of hydrogen-bond acceptors (Lipinski definition) is 4. The quantitative estimate of drug-likeness (QED) is 0.895. The minimum absolute atomic E-state index is 0.0253. The molecule has 0 aliphatic rings. The fraction of sp³-hybridized carbons (Fsp3) is 0.167. The van der Waals surface area contributed by atoms with Crippen LogP contribution >= 0.6 is 11.6 Å². The molecule has 2 aromatic rings. The summed E-state index contributed by atoms with van der Waals surface area (Å²) in [7, 11) is -2.27. The summed E-state index contributed by atoms with van der Waals surface area (Å²) in [6.45, 7) is 1.39. The summed E-state index contributed by atoms with van der Waals surface area (Å²) >= 11 is 5.88. The van der Waals surface area contributed by atoms with Gasteiger partial charge in [-0.25, -0.2) is 4.98 Å². The van der Waals surface area contributed by atoms with Crippen LogP contribution in [0.15, 0.2) is 35.6 Å². The number of aryl methyl sites for hydroxylation is 1. The number of sulfonamides is 1. The van der Waals surface area contributed by atoms with Crippen LogP contribution in [0.2, 0.25) is 5.15 Å². The van der Waals surface area contributed by atoms with Crippen LogP contribution in [0.4, 0.5) is 11.4 Å². The number of imidazole rings is 1. The molecular weight excluding hydrogens is 316 g/mol. The number of halogens is 1. The monoisotopic (exact) mass is 328 g/mol. The summed E-state index contributed by atoms with van der Waals surface area (Å²) < 4.78 is 28.1. The maximum atomic E-state index is 12.2. The van der Waals surface area contributed by atoms with E-state index in [9.17, 15) is 13.2 Å². The van der Waals surface area contributed by atoms with E-state index in [1.165, 1.54) is 30.0 Å². The van der Waals surface area contributed by atoms with E-state index in [0.29, 0.717) is 11.4 Å². The van der Waals surface area contributed by atoms with Crippen molar-refractivity contribution < 1.29 is 13.2 Å². The third-order valence-electron chi connectivity index (χ3n) is 2.55. The Kier molecular flexibility index (Phi) is 4.19. The standard InChI is InChI=1S/C12H13ClN4O3S/c1-8(18)15-9-3-5-10(6-4-9)16-21(19,20)12-11(13)17(2)7-14-12/h3-7,16H,1-2H3,(H,15,18). The van der Waals surface area contributed by atoms with Gasteiger partial charge in [-0.05, 0) is 24.3 Å². The first kappa shape index (κ1) is 15.3. The zero-order valence-corrected chi connectivity index (χ0v) is 12.9. The van der Waals surface area contributed by atoms with Gasteiger partial charge in [-0.3, -0.25) is 9.52 Å². The molecule has 0 fully saturated rings. The molecule has 1 aromatic heterocycles. The topological polar surface area (TPSA) is 93.1 Å². The van der Waals surface area contributed by atoms with E-state index in [1.807, 2.05) is 0 Å². The Labute approximate surface area is 127 Å². The van der Waals surface area contributed by atoms with Gasteiger partial charge in [-0.1, -0.05) is 11.6 Å². The van der Waals surface area contributed by atoms with Gasteiger partial charge in [0.2, 0.25) is 10.9 Å². The second-order valence-electron chi connectivity index (χ2n) is 4.32. The summed E-state index contributed by atoms with van der Waals surface area (Å²) in [6.07, 6.45) is 1.32. The van der Waals surface area contributed by atoms with Gasteiger partial charge in [-0.15, -0.1) is 0 Å². The van der Waals surface area contributed by atoms with Crippen LogP contribution in [-0.4, -0.2) is 23.9 Å². The average molecular weight is 329 g/mol. The molecule has 0 aliphatic heterocycles. The molecule has 0 saturated carbocycles. The minimum Gasteiger partial charge on any atom is -0.326 e. The molecule has 1 amide bonds. The second kappa shape index (κ2) is 5.74. The highest BCUT2D eigenvalue weighted by Gasteiger charge is 2.22. The van der Waals surface area contributed by atoms with Gasteiger partial charge in [0.25, 0.3) is 10.0 Å². The Morgan fingerprint density at radius 1 is 1.24 bits per heavy atom. The zero-order chi connectivity index (χ0) is 15.6. The highest BCUT2D eigenvalue weighted by Crippen LogP contribution is 2.22. The average Bonchev–Trinajstić information content (AvgIpc) is 2.72. The largest absolute Gasteiger partial charge is 0.326 e. The lowest BCUT2D eigenvalue weighted by atomic mass is 10.3. The lowest BCUT2D eigenvalue weighted by molar-refractivity contribution is -0.114. The summed E-state index contributed by atoms with van der Waals surface area (Å²) in [5, 5.41) is 2.37. The van der Waals surface area contributed by atoms with Gasteiger partial charge in [0.1, 0.15) is 5.15 Å². The molecule has 0 bridgehead atoms. The minimum atomic E-state index is -3.86. The van der Waals surface area contributed by atoms with Crippen LogP contribution in [0.5, 0.6) is 0 Å². The predicted octanol–water partition coefficient (Wildman–Crippen LogP) is 1.83. The lowest BCUT2D eigenvalue weighted by Crippen LogP contribution is -2.14. The molecule has 0 radical (unpaired) electrons. The Balaban J connectivity index is 2.21. The van der Waals surface area contributed by atoms with E-state index in [-0.39, 0.29) is 16.1 Å². The van der Waals surface area contributed by atoms with Crippen molar-refractivity contribution in [2.24, 2.45) is 7.05 Å². The third kappa shape index (κ3) is 3.53. The van der Waals surface area contributed by atoms with E-state index in [4.69, 9.17) is 11.6 Å². The predicted molar refractivity (Wildman–Crippen MR) is 79.8 cm³/mol. The van der Waals surface area contributed by atoms with Gasteiger partial charge in [0.05, 0.1) is 6.33 Å². The molecular formula is C12H13ClN4O3S. The molecule has 2 N–H and O–H groups in total. The maximum absolute atomic E-state index is 12.2. The molecule has 0 unspecified atom stereocenters. The van der Waals surface area contributed by atoms with Crippen molar-refractivity contribution in [1.82, 2.24) is 9.55 Å². The van der Waals surface area contributed by atoms with Gasteiger partial charge in [0, 0.05) is 25.3 Å². The van der Waals surface area contributed by atoms with E-state index in [2.05, 4.69) is 15.0 Å². The molecule has 112 valence electrons. The number of nitrogens with one attached hydrogen (secondary N) is 2. The van der Waals surface area contributed by atoms with Crippen LogP contribution in [0.1, 0.15) is 6.92 Å². The SMILES string of the molecule is CC(=O)Nc1ccc(NS(=O)(=O)c2ncn(C)c2Cl)cc1. The third-order valence-corrected chi connectivity index (χ3v) is 4.42. The summed E-state index contributed by atoms with van der Waals surface area (Å²) in [4.78, 5) is 14.7. The number of benzene rings is 1. The van der Waals surface area contributed by atoms with Crippen molar-refractivity contribution in [3.63, 3.8) is 0 Å². The van der Waals surface area contributed by atoms with E-state index >= 15 is 0 Å². The molecule has 7 nitrogen and oxygen atoms in total. The van der Waals surface area contributed by atoms with Crippen LogP contribution in [0, 0.1) is 0 Å². The fourth-order valence-electron chi connectivity index (χ4n) is 1.60. The number of nitrogens with zero attached hydrogens (tertiary/aromatic N) is 2. The number of rotatable bonds is 4. The number of hydrogen-bond donors (Lipinski definition) is 2. The molecule has 0 saturated heterocycles. The Morgan fingerprint density at radius 3 is 2.29 bits per heavy atom. The molecule has 21 heavy (non-hydrogen) atoms. The van der Waals surface area contributed by atoms with E-state index in [0.717, 1.165) is 0 Å². The molecule has 0 atom stereocenters. The first-order chi connectivity index (χ1) is 9.79. The highest BCUT2D eigenvalue weighted by molar-refractivity contribution is 7.92. The Bertz CT molecular complexity index is 768. The molecule has 2 rings (SSSR count). The first-order valence-corrected chi connectivity index (χ1v) is 7.73. The van der Waals surface area contributed by atoms with Crippen LogP contribution in [-0.2, 0) is 21.9 Å². The number of aromatic nitrogens is 2. The molecule has 0 aliphatic carbocycles. The van der Waals surface area contributed by atoms with Gasteiger partial charge >= 0.3 is 0 Å². The molecule has 0 spiro atoms. The second-order valence-corrected chi connectivity index (χ2v) is 6.27. The van der Waals surface area contributed by atoms with Crippen molar-refractivity contribution in [1.29, 1.82) is 0 Å². The lowest BCUT2D eigenvalue weighted by Gasteiger charge is -2.08. The molecule has 9 heteroatoms. The highest BCUT2D eigenvalue weighted by atomic mass is 35.5. The van der Waals surface area contributed by atoms with Crippen molar-refractivity contribution in [2.75, 3.05) is 10.0 Å². The summed E-state index contributed by atoms with van der Waals surface area (Å²) in [5.74, 6) is -0.205. The van der Waals surface area contributed by atoms with Gasteiger partial charge in [0.15, 0.2) is 0 Å². The maximum Gasteiger partial charge on any atom is 0.282 e. The van der Waals surface area contributed by atoms with Crippen molar-refractivity contribution >= 4 is 38.9 Å². The summed E-state index contributed by atoms with van der Waals surface area (Å²) in [5.41, 5.74) is 0.909. The molecule has 1 aromatic carbocycles. The number of carbonyl (C=O) groups is 1. The summed E-state index contributed by atoms with van der Waals surface area (Å²) in [6, 6.07) is 6.22. The van der Waals surface area contributed by atoms with Gasteiger partial charge < -0.3 is 9.88 Å². The van der Waals surface area contributed by atoms with E-state index in [1.54, 1.807) is 19.2 Å². The first-order valence-electron chi connectivity index (χ1n) is 5.87.